The van der Waals surface area contributed by atoms with Gasteiger partial charge in [-0.3, -0.25) is 0 Å². The van der Waals surface area contributed by atoms with E-state index in [0.717, 1.165) is 12.8 Å². The summed E-state index contributed by atoms with van der Waals surface area (Å²) in [6, 6.07) is 0. The molecule has 0 saturated carbocycles. The van der Waals surface area contributed by atoms with Gasteiger partial charge in [-0.15, -0.1) is 0 Å². The van der Waals surface area contributed by atoms with Gasteiger partial charge in [0.1, 0.15) is 0 Å². The quantitative estimate of drug-likeness (QED) is 0.657. The molecule has 0 aromatic rings. The predicted molar refractivity (Wildman–Crippen MR) is 65.9 cm³/mol. The van der Waals surface area contributed by atoms with Gasteiger partial charge in [-0.1, -0.05) is 29.3 Å². The number of unbranched alkanes of at least 4 members (excludes halogenated alkanes) is 1. The largest absolute Gasteiger partial charge is 0.384 e. The molecule has 0 saturated heterocycles. The fraction of sp³-hybridized carbons (Fsp3) is 1.00. The molecular formula is C9H20BrNO3S. The first kappa shape index (κ1) is 15.3. The molecule has 0 rings (SSSR count). The van der Waals surface area contributed by atoms with Crippen LogP contribution in [-0.2, 0) is 14.8 Å². The Morgan fingerprint density at radius 1 is 1.47 bits per heavy atom. The minimum absolute atomic E-state index is 0.205. The van der Waals surface area contributed by atoms with Crippen molar-refractivity contribution in [2.24, 2.45) is 0 Å². The van der Waals surface area contributed by atoms with E-state index in [1.54, 1.807) is 7.11 Å². The number of methoxy groups -OCH3 is 1. The SMILES string of the molecule is CCCCS(=O)(=O)NCCC(Br)COC. The molecule has 0 aliphatic rings. The van der Waals surface area contributed by atoms with Gasteiger partial charge in [-0.2, -0.15) is 0 Å². The number of nitrogens with one attached hydrogen (secondary N) is 1. The Labute approximate surface area is 101 Å². The second-order valence-corrected chi connectivity index (χ2v) is 6.63. The average Bonchev–Trinajstić information content (AvgIpc) is 2.15. The molecule has 0 bridgehead atoms. The first-order valence-electron chi connectivity index (χ1n) is 5.12. The maximum atomic E-state index is 11.4. The Kier molecular flexibility index (Phi) is 8.69. The summed E-state index contributed by atoms with van der Waals surface area (Å²) >= 11 is 3.40. The molecule has 0 aliphatic carbocycles. The van der Waals surface area contributed by atoms with Gasteiger partial charge in [0.25, 0.3) is 0 Å². The number of hydrogen-bond acceptors (Lipinski definition) is 3. The third-order valence-corrected chi connectivity index (χ3v) is 4.09. The van der Waals surface area contributed by atoms with Crippen LogP contribution in [0.25, 0.3) is 0 Å². The molecule has 6 heteroatoms. The zero-order valence-corrected chi connectivity index (χ0v) is 11.7. The van der Waals surface area contributed by atoms with Crippen molar-refractivity contribution in [2.45, 2.75) is 31.0 Å². The van der Waals surface area contributed by atoms with Crippen LogP contribution < -0.4 is 4.72 Å². The summed E-state index contributed by atoms with van der Waals surface area (Å²) < 4.78 is 30.2. The van der Waals surface area contributed by atoms with Crippen LogP contribution in [0.2, 0.25) is 0 Å². The number of rotatable bonds is 9. The molecule has 0 aliphatic heterocycles. The lowest BCUT2D eigenvalue weighted by Gasteiger charge is -2.09. The number of halogens is 1. The second kappa shape index (κ2) is 8.50. The normalized spacial score (nSPS) is 14.1. The number of alkyl halides is 1. The van der Waals surface area contributed by atoms with E-state index in [4.69, 9.17) is 4.74 Å². The molecule has 0 aromatic carbocycles. The smallest absolute Gasteiger partial charge is 0.211 e. The highest BCUT2D eigenvalue weighted by Crippen LogP contribution is 2.04. The Bertz CT molecular complexity index is 244. The van der Waals surface area contributed by atoms with Crippen LogP contribution in [0.1, 0.15) is 26.2 Å². The van der Waals surface area contributed by atoms with Gasteiger partial charge < -0.3 is 4.74 Å². The lowest BCUT2D eigenvalue weighted by Crippen LogP contribution is -2.29. The Hall–Kier alpha value is 0.350. The van der Waals surface area contributed by atoms with Crippen molar-refractivity contribution >= 4 is 26.0 Å². The number of sulfonamides is 1. The number of hydrogen-bond donors (Lipinski definition) is 1. The zero-order valence-electron chi connectivity index (χ0n) is 9.33. The summed E-state index contributed by atoms with van der Waals surface area (Å²) in [5.74, 6) is 0.223. The number of ether oxygens (including phenoxy) is 1. The molecular weight excluding hydrogens is 282 g/mol. The van der Waals surface area contributed by atoms with E-state index in [0.29, 0.717) is 19.6 Å². The lowest BCUT2D eigenvalue weighted by atomic mass is 10.3. The lowest BCUT2D eigenvalue weighted by molar-refractivity contribution is 0.199. The van der Waals surface area contributed by atoms with E-state index in [1.165, 1.54) is 0 Å². The molecule has 92 valence electrons. The van der Waals surface area contributed by atoms with E-state index >= 15 is 0 Å². The van der Waals surface area contributed by atoms with Crippen molar-refractivity contribution in [1.29, 1.82) is 0 Å². The highest BCUT2D eigenvalue weighted by atomic mass is 79.9. The van der Waals surface area contributed by atoms with Crippen molar-refractivity contribution in [3.8, 4) is 0 Å². The molecule has 0 radical (unpaired) electrons. The molecule has 0 spiro atoms. The fourth-order valence-electron chi connectivity index (χ4n) is 1.04. The van der Waals surface area contributed by atoms with E-state index in [9.17, 15) is 8.42 Å². The van der Waals surface area contributed by atoms with Gasteiger partial charge >= 0.3 is 0 Å². The van der Waals surface area contributed by atoms with Gasteiger partial charge in [-0.25, -0.2) is 13.1 Å². The monoisotopic (exact) mass is 301 g/mol. The van der Waals surface area contributed by atoms with Gasteiger partial charge in [0.2, 0.25) is 10.0 Å². The van der Waals surface area contributed by atoms with Crippen LogP contribution in [-0.4, -0.2) is 39.3 Å². The molecule has 0 aromatic heterocycles. The molecule has 0 heterocycles. The predicted octanol–water partition coefficient (Wildman–Crippen LogP) is 1.51. The Morgan fingerprint density at radius 3 is 2.67 bits per heavy atom. The molecule has 1 atom stereocenters. The van der Waals surface area contributed by atoms with Crippen molar-refractivity contribution in [1.82, 2.24) is 4.72 Å². The highest BCUT2D eigenvalue weighted by Gasteiger charge is 2.10. The first-order valence-corrected chi connectivity index (χ1v) is 7.69. The van der Waals surface area contributed by atoms with Crippen LogP contribution in [0.3, 0.4) is 0 Å². The topological polar surface area (TPSA) is 55.4 Å². The first-order chi connectivity index (χ1) is 7.02. The van der Waals surface area contributed by atoms with Crippen LogP contribution in [0.5, 0.6) is 0 Å². The molecule has 15 heavy (non-hydrogen) atoms. The van der Waals surface area contributed by atoms with Crippen LogP contribution in [0.15, 0.2) is 0 Å². The van der Waals surface area contributed by atoms with Crippen LogP contribution in [0, 0.1) is 0 Å². The summed E-state index contributed by atoms with van der Waals surface area (Å²) in [5, 5.41) is 0. The van der Waals surface area contributed by atoms with E-state index in [-0.39, 0.29) is 10.6 Å². The van der Waals surface area contributed by atoms with Gasteiger partial charge in [0, 0.05) is 18.5 Å². The maximum Gasteiger partial charge on any atom is 0.211 e. The van der Waals surface area contributed by atoms with Crippen molar-refractivity contribution < 1.29 is 13.2 Å². The highest BCUT2D eigenvalue weighted by molar-refractivity contribution is 9.09. The maximum absolute atomic E-state index is 11.4. The molecule has 1 N–H and O–H groups in total. The van der Waals surface area contributed by atoms with E-state index in [1.807, 2.05) is 6.92 Å². The Balaban J connectivity index is 3.65. The summed E-state index contributed by atoms with van der Waals surface area (Å²) in [7, 11) is -1.44. The fourth-order valence-corrected chi connectivity index (χ4v) is 2.78. The minimum atomic E-state index is -3.07. The second-order valence-electron chi connectivity index (χ2n) is 3.41. The molecule has 4 nitrogen and oxygen atoms in total. The van der Waals surface area contributed by atoms with Crippen molar-refractivity contribution in [3.63, 3.8) is 0 Å². The van der Waals surface area contributed by atoms with Crippen LogP contribution in [0.4, 0.5) is 0 Å². The molecule has 1 unspecified atom stereocenters. The van der Waals surface area contributed by atoms with Gasteiger partial charge in [0.15, 0.2) is 0 Å². The molecule has 0 amide bonds. The molecule has 0 fully saturated rings. The standard InChI is InChI=1S/C9H20BrNO3S/c1-3-4-7-15(12,13)11-6-5-9(10)8-14-2/h9,11H,3-8H2,1-2H3. The minimum Gasteiger partial charge on any atom is -0.384 e. The Morgan fingerprint density at radius 2 is 2.13 bits per heavy atom. The van der Waals surface area contributed by atoms with Crippen LogP contribution >= 0.6 is 15.9 Å². The zero-order chi connectivity index (χ0) is 11.7. The van der Waals surface area contributed by atoms with E-state index in [2.05, 4.69) is 20.7 Å². The van der Waals surface area contributed by atoms with Gasteiger partial charge in [0.05, 0.1) is 12.4 Å². The van der Waals surface area contributed by atoms with Crippen molar-refractivity contribution in [3.05, 3.63) is 0 Å². The third kappa shape index (κ3) is 9.29. The summed E-state index contributed by atoms with van der Waals surface area (Å²) in [6.45, 7) is 3.03. The average molecular weight is 302 g/mol. The van der Waals surface area contributed by atoms with E-state index < -0.39 is 10.0 Å². The third-order valence-electron chi connectivity index (χ3n) is 1.89. The van der Waals surface area contributed by atoms with Gasteiger partial charge in [-0.05, 0) is 12.8 Å². The summed E-state index contributed by atoms with van der Waals surface area (Å²) in [4.78, 5) is 0.205. The summed E-state index contributed by atoms with van der Waals surface area (Å²) in [6.07, 6.45) is 2.34. The van der Waals surface area contributed by atoms with Crippen molar-refractivity contribution in [2.75, 3.05) is 26.0 Å². The summed E-state index contributed by atoms with van der Waals surface area (Å²) in [5.41, 5.74) is 0.